The smallest absolute Gasteiger partial charge is 0.227 e. The Morgan fingerprint density at radius 2 is 1.83 bits per heavy atom. The van der Waals surface area contributed by atoms with Gasteiger partial charge in [0.1, 0.15) is 0 Å². The number of benzene rings is 1. The molecule has 0 radical (unpaired) electrons. The molecule has 3 rings (SSSR count). The highest BCUT2D eigenvalue weighted by molar-refractivity contribution is 7.08. The summed E-state index contributed by atoms with van der Waals surface area (Å²) in [5.74, 6) is 0.612. The van der Waals surface area contributed by atoms with Crippen LogP contribution in [0.15, 0.2) is 53.5 Å². The van der Waals surface area contributed by atoms with Gasteiger partial charge in [-0.2, -0.15) is 11.3 Å². The monoisotopic (exact) mass is 324 g/mol. The van der Waals surface area contributed by atoms with Gasteiger partial charge in [-0.3, -0.25) is 0 Å². The zero-order valence-electron chi connectivity index (χ0n) is 13.4. The van der Waals surface area contributed by atoms with E-state index in [-0.39, 0.29) is 0 Å². The number of nitrogens with one attached hydrogen (secondary N) is 1. The van der Waals surface area contributed by atoms with E-state index in [1.54, 1.807) is 11.3 Å². The second-order valence-electron chi connectivity index (χ2n) is 5.15. The fourth-order valence-electron chi connectivity index (χ4n) is 2.47. The van der Waals surface area contributed by atoms with Crippen LogP contribution >= 0.6 is 11.3 Å². The lowest BCUT2D eigenvalue weighted by Gasteiger charge is -2.21. The van der Waals surface area contributed by atoms with Crippen molar-refractivity contribution in [2.45, 2.75) is 13.8 Å². The molecule has 0 saturated heterocycles. The number of anilines is 3. The molecule has 4 nitrogen and oxygen atoms in total. The summed E-state index contributed by atoms with van der Waals surface area (Å²) in [6.07, 6.45) is 3.71. The predicted molar refractivity (Wildman–Crippen MR) is 98.6 cm³/mol. The first kappa shape index (κ1) is 15.5. The van der Waals surface area contributed by atoms with Gasteiger partial charge in [0.15, 0.2) is 0 Å². The van der Waals surface area contributed by atoms with Crippen LogP contribution in [0, 0.1) is 0 Å². The summed E-state index contributed by atoms with van der Waals surface area (Å²) in [7, 11) is 0. The topological polar surface area (TPSA) is 41.0 Å². The molecule has 0 saturated carbocycles. The molecule has 2 heterocycles. The van der Waals surface area contributed by atoms with Crippen LogP contribution < -0.4 is 10.2 Å². The first-order valence-electron chi connectivity index (χ1n) is 7.76. The number of thiophene rings is 1. The SMILES string of the molecule is CCN(CC)c1cccc(Nc2ncc(-c3ccsc3)cn2)c1. The molecule has 0 bridgehead atoms. The van der Waals surface area contributed by atoms with Crippen molar-refractivity contribution in [2.24, 2.45) is 0 Å². The molecule has 0 aliphatic heterocycles. The van der Waals surface area contributed by atoms with Crippen LogP contribution in [-0.2, 0) is 0 Å². The van der Waals surface area contributed by atoms with Crippen molar-refractivity contribution in [2.75, 3.05) is 23.3 Å². The van der Waals surface area contributed by atoms with Crippen molar-refractivity contribution in [3.8, 4) is 11.1 Å². The summed E-state index contributed by atoms with van der Waals surface area (Å²) in [4.78, 5) is 11.1. The molecule has 0 unspecified atom stereocenters. The molecule has 0 spiro atoms. The van der Waals surface area contributed by atoms with Gasteiger partial charge in [-0.1, -0.05) is 6.07 Å². The van der Waals surface area contributed by atoms with E-state index < -0.39 is 0 Å². The average molecular weight is 324 g/mol. The number of aromatic nitrogens is 2. The number of rotatable bonds is 6. The molecule has 23 heavy (non-hydrogen) atoms. The minimum Gasteiger partial charge on any atom is -0.372 e. The van der Waals surface area contributed by atoms with E-state index in [4.69, 9.17) is 0 Å². The normalized spacial score (nSPS) is 10.5. The quantitative estimate of drug-likeness (QED) is 0.707. The Balaban J connectivity index is 1.75. The van der Waals surface area contributed by atoms with E-state index in [0.717, 1.165) is 29.9 Å². The van der Waals surface area contributed by atoms with Gasteiger partial charge in [0, 0.05) is 42.4 Å². The molecule has 0 fully saturated rings. The molecule has 118 valence electrons. The van der Waals surface area contributed by atoms with E-state index in [2.05, 4.69) is 69.1 Å². The molecule has 1 aromatic carbocycles. The first-order chi connectivity index (χ1) is 11.3. The van der Waals surface area contributed by atoms with Gasteiger partial charge < -0.3 is 10.2 Å². The fraction of sp³-hybridized carbons (Fsp3) is 0.222. The van der Waals surface area contributed by atoms with Crippen LogP contribution in [0.3, 0.4) is 0 Å². The largest absolute Gasteiger partial charge is 0.372 e. The van der Waals surface area contributed by atoms with Gasteiger partial charge in [-0.25, -0.2) is 9.97 Å². The zero-order valence-corrected chi connectivity index (χ0v) is 14.2. The second kappa shape index (κ2) is 7.24. The zero-order chi connectivity index (χ0) is 16.1. The second-order valence-corrected chi connectivity index (χ2v) is 5.94. The van der Waals surface area contributed by atoms with Gasteiger partial charge >= 0.3 is 0 Å². The molecule has 0 amide bonds. The maximum Gasteiger partial charge on any atom is 0.227 e. The summed E-state index contributed by atoms with van der Waals surface area (Å²) >= 11 is 1.67. The standard InChI is InChI=1S/C18H20N4S/c1-3-22(4-2)17-7-5-6-16(10-17)21-18-19-11-15(12-20-18)14-8-9-23-13-14/h5-13H,3-4H2,1-2H3,(H,19,20,21). The highest BCUT2D eigenvalue weighted by Crippen LogP contribution is 2.23. The minimum absolute atomic E-state index is 0.612. The van der Waals surface area contributed by atoms with Crippen molar-refractivity contribution < 1.29 is 0 Å². The third-order valence-electron chi connectivity index (χ3n) is 3.74. The van der Waals surface area contributed by atoms with Crippen LogP contribution in [0.1, 0.15) is 13.8 Å². The molecular weight excluding hydrogens is 304 g/mol. The third kappa shape index (κ3) is 3.68. The lowest BCUT2D eigenvalue weighted by atomic mass is 10.2. The van der Waals surface area contributed by atoms with E-state index in [1.165, 1.54) is 5.69 Å². The Morgan fingerprint density at radius 3 is 2.48 bits per heavy atom. The third-order valence-corrected chi connectivity index (χ3v) is 4.42. The van der Waals surface area contributed by atoms with Gasteiger partial charge in [-0.15, -0.1) is 0 Å². The maximum atomic E-state index is 4.41. The van der Waals surface area contributed by atoms with Gasteiger partial charge in [-0.05, 0) is 54.4 Å². The molecule has 0 aliphatic carbocycles. The van der Waals surface area contributed by atoms with Crippen LogP contribution in [0.4, 0.5) is 17.3 Å². The molecule has 0 atom stereocenters. The van der Waals surface area contributed by atoms with Gasteiger partial charge in [0.05, 0.1) is 0 Å². The van der Waals surface area contributed by atoms with Gasteiger partial charge in [0.25, 0.3) is 0 Å². The number of hydrogen-bond donors (Lipinski definition) is 1. The fourth-order valence-corrected chi connectivity index (χ4v) is 3.13. The Bertz CT molecular complexity index is 734. The molecule has 5 heteroatoms. The molecule has 2 aromatic heterocycles. The van der Waals surface area contributed by atoms with Crippen molar-refractivity contribution >= 4 is 28.7 Å². The molecular formula is C18H20N4S. The first-order valence-corrected chi connectivity index (χ1v) is 8.71. The Hall–Kier alpha value is -2.40. The minimum atomic E-state index is 0.612. The Labute approximate surface area is 140 Å². The highest BCUT2D eigenvalue weighted by Gasteiger charge is 2.05. The van der Waals surface area contributed by atoms with Crippen LogP contribution in [0.25, 0.3) is 11.1 Å². The maximum absolute atomic E-state index is 4.41. The molecule has 0 aliphatic rings. The average Bonchev–Trinajstić information content (AvgIpc) is 3.12. The van der Waals surface area contributed by atoms with Crippen LogP contribution in [0.2, 0.25) is 0 Å². The lowest BCUT2D eigenvalue weighted by molar-refractivity contribution is 0.866. The summed E-state index contributed by atoms with van der Waals surface area (Å²) in [5, 5.41) is 7.43. The van der Waals surface area contributed by atoms with Gasteiger partial charge in [0.2, 0.25) is 5.95 Å². The summed E-state index contributed by atoms with van der Waals surface area (Å²) in [6.45, 7) is 6.31. The van der Waals surface area contributed by atoms with Crippen molar-refractivity contribution in [1.82, 2.24) is 9.97 Å². The summed E-state index contributed by atoms with van der Waals surface area (Å²) in [6, 6.07) is 10.4. The van der Waals surface area contributed by atoms with Crippen LogP contribution in [-0.4, -0.2) is 23.1 Å². The van der Waals surface area contributed by atoms with E-state index >= 15 is 0 Å². The summed E-state index contributed by atoms with van der Waals surface area (Å²) < 4.78 is 0. The van der Waals surface area contributed by atoms with Crippen LogP contribution in [0.5, 0.6) is 0 Å². The lowest BCUT2D eigenvalue weighted by Crippen LogP contribution is -2.21. The molecule has 1 N–H and O–H groups in total. The van der Waals surface area contributed by atoms with E-state index in [9.17, 15) is 0 Å². The summed E-state index contributed by atoms with van der Waals surface area (Å²) in [5.41, 5.74) is 4.39. The van der Waals surface area contributed by atoms with E-state index in [0.29, 0.717) is 5.95 Å². The number of hydrogen-bond acceptors (Lipinski definition) is 5. The Kier molecular flexibility index (Phi) is 4.88. The van der Waals surface area contributed by atoms with E-state index in [1.807, 2.05) is 18.5 Å². The number of nitrogens with zero attached hydrogens (tertiary/aromatic N) is 3. The van der Waals surface area contributed by atoms with Crippen molar-refractivity contribution in [1.29, 1.82) is 0 Å². The molecule has 3 aromatic rings. The predicted octanol–water partition coefficient (Wildman–Crippen LogP) is 4.79. The Morgan fingerprint density at radius 1 is 1.04 bits per heavy atom. The highest BCUT2D eigenvalue weighted by atomic mass is 32.1. The van der Waals surface area contributed by atoms with Crippen molar-refractivity contribution in [3.05, 3.63) is 53.5 Å². The van der Waals surface area contributed by atoms with Crippen molar-refractivity contribution in [3.63, 3.8) is 0 Å².